The first-order valence-electron chi connectivity index (χ1n) is 3.98. The Morgan fingerprint density at radius 1 is 1.36 bits per heavy atom. The Morgan fingerprint density at radius 2 is 1.93 bits per heavy atom. The highest BCUT2D eigenvalue weighted by atomic mass is 32.1. The van der Waals surface area contributed by atoms with Crippen LogP contribution < -0.4 is 11.1 Å². The first-order valence-corrected chi connectivity index (χ1v) is 4.79. The smallest absolute Gasteiger partial charge is 0.185 e. The summed E-state index contributed by atoms with van der Waals surface area (Å²) >= 11 is 1.18. The van der Waals surface area contributed by atoms with Crippen molar-refractivity contribution < 1.29 is 15.3 Å². The van der Waals surface area contributed by atoms with Gasteiger partial charge >= 0.3 is 0 Å². The summed E-state index contributed by atoms with van der Waals surface area (Å²) < 4.78 is 0. The Labute approximate surface area is 85.0 Å². The summed E-state index contributed by atoms with van der Waals surface area (Å²) in [5, 5.41) is 30.7. The third kappa shape index (κ3) is 2.32. The molecule has 6 nitrogen and oxygen atoms in total. The summed E-state index contributed by atoms with van der Waals surface area (Å²) in [5.41, 5.74) is 4.30. The minimum atomic E-state index is -1.15. The fourth-order valence-corrected chi connectivity index (χ4v) is 1.54. The maximum Gasteiger partial charge on any atom is 0.185 e. The van der Waals surface area contributed by atoms with Crippen LogP contribution in [0, 0.1) is 0 Å². The summed E-state index contributed by atoms with van der Waals surface area (Å²) in [6.45, 7) is -1.17. The minimum absolute atomic E-state index is 0.389. The number of nitrogens with zero attached hydrogens (tertiary/aromatic N) is 1. The zero-order chi connectivity index (χ0) is 10.6. The van der Waals surface area contributed by atoms with Crippen molar-refractivity contribution in [1.82, 2.24) is 4.98 Å². The average Bonchev–Trinajstić information content (AvgIpc) is 2.61. The molecule has 0 radical (unpaired) electrons. The average molecular weight is 219 g/mol. The molecular formula is C7H13N3O3S. The number of rotatable bonds is 5. The van der Waals surface area contributed by atoms with E-state index in [0.717, 1.165) is 0 Å². The van der Waals surface area contributed by atoms with E-state index >= 15 is 0 Å². The first-order chi connectivity index (χ1) is 6.65. The van der Waals surface area contributed by atoms with Crippen LogP contribution in [-0.2, 0) is 0 Å². The molecule has 14 heavy (non-hydrogen) atoms. The van der Waals surface area contributed by atoms with Crippen LogP contribution in [0.4, 0.5) is 10.1 Å². The molecule has 0 bridgehead atoms. The lowest BCUT2D eigenvalue weighted by atomic mass is 10.0. The molecule has 0 saturated carbocycles. The van der Waals surface area contributed by atoms with E-state index in [0.29, 0.717) is 10.1 Å². The van der Waals surface area contributed by atoms with Gasteiger partial charge in [-0.3, -0.25) is 0 Å². The van der Waals surface area contributed by atoms with Gasteiger partial charge in [-0.2, -0.15) is 0 Å². The van der Waals surface area contributed by atoms with Crippen molar-refractivity contribution >= 4 is 21.5 Å². The molecule has 1 rings (SSSR count). The van der Waals surface area contributed by atoms with Crippen LogP contribution in [0.5, 0.6) is 0 Å². The number of hydrogen-bond donors (Lipinski definition) is 5. The second-order valence-corrected chi connectivity index (χ2v) is 4.01. The minimum Gasteiger partial charge on any atom is -0.394 e. The van der Waals surface area contributed by atoms with E-state index in [1.807, 2.05) is 0 Å². The second kappa shape index (κ2) is 4.56. The summed E-state index contributed by atoms with van der Waals surface area (Å²) in [5.74, 6) is 0. The Hall–Kier alpha value is -0.890. The summed E-state index contributed by atoms with van der Waals surface area (Å²) in [6.07, 6.45) is 1.46. The molecular weight excluding hydrogens is 206 g/mol. The van der Waals surface area contributed by atoms with Gasteiger partial charge < -0.3 is 26.4 Å². The standard InChI is InChI=1S/C7H13N3O3S/c8-5-1-9-6(14-5)10-7(2-11,3-12)4-13/h1,11-13H,2-4,8H2,(H,9,10). The number of hydrogen-bond acceptors (Lipinski definition) is 7. The summed E-state index contributed by atoms with van der Waals surface area (Å²) in [7, 11) is 0. The van der Waals surface area contributed by atoms with Crippen molar-refractivity contribution in [1.29, 1.82) is 0 Å². The lowest BCUT2D eigenvalue weighted by Gasteiger charge is -2.28. The number of nitrogens with one attached hydrogen (secondary N) is 1. The summed E-state index contributed by atoms with van der Waals surface area (Å²) in [4.78, 5) is 3.89. The molecule has 0 fully saturated rings. The maximum atomic E-state index is 9.01. The van der Waals surface area contributed by atoms with Gasteiger partial charge in [-0.05, 0) is 0 Å². The molecule has 0 atom stereocenters. The molecule has 0 aliphatic rings. The van der Waals surface area contributed by atoms with Crippen molar-refractivity contribution in [2.45, 2.75) is 5.54 Å². The van der Waals surface area contributed by atoms with Crippen molar-refractivity contribution in [3.8, 4) is 0 Å². The molecule has 0 spiro atoms. The molecule has 0 aliphatic carbocycles. The van der Waals surface area contributed by atoms with E-state index in [4.69, 9.17) is 21.1 Å². The molecule has 0 aliphatic heterocycles. The van der Waals surface area contributed by atoms with Gasteiger partial charge in [0.05, 0.1) is 26.0 Å². The molecule has 6 N–H and O–H groups in total. The number of nitrogen functional groups attached to an aromatic ring is 1. The van der Waals surface area contributed by atoms with Crippen LogP contribution >= 0.6 is 11.3 Å². The Bertz CT molecular complexity index is 279. The topological polar surface area (TPSA) is 112 Å². The molecule has 0 amide bonds. The van der Waals surface area contributed by atoms with Crippen LogP contribution in [0.3, 0.4) is 0 Å². The molecule has 0 saturated heterocycles. The van der Waals surface area contributed by atoms with Gasteiger partial charge in [0.25, 0.3) is 0 Å². The first kappa shape index (κ1) is 11.2. The quantitative estimate of drug-likeness (QED) is 0.428. The number of thiazole rings is 1. The van der Waals surface area contributed by atoms with Crippen LogP contribution in [0.2, 0.25) is 0 Å². The zero-order valence-corrected chi connectivity index (χ0v) is 8.29. The molecule has 1 heterocycles. The lowest BCUT2D eigenvalue weighted by molar-refractivity contribution is 0.0833. The molecule has 0 aromatic carbocycles. The number of nitrogens with two attached hydrogens (primary N) is 1. The van der Waals surface area contributed by atoms with Crippen LogP contribution in [0.25, 0.3) is 0 Å². The highest BCUT2D eigenvalue weighted by Gasteiger charge is 2.28. The van der Waals surface area contributed by atoms with Gasteiger partial charge in [-0.1, -0.05) is 11.3 Å². The van der Waals surface area contributed by atoms with E-state index in [9.17, 15) is 0 Å². The second-order valence-electron chi connectivity index (χ2n) is 2.95. The molecule has 0 unspecified atom stereocenters. The third-order valence-electron chi connectivity index (χ3n) is 1.80. The summed E-state index contributed by atoms with van der Waals surface area (Å²) in [6, 6.07) is 0. The molecule has 80 valence electrons. The fraction of sp³-hybridized carbons (Fsp3) is 0.571. The van der Waals surface area contributed by atoms with Crippen molar-refractivity contribution in [2.75, 3.05) is 30.9 Å². The Balaban J connectivity index is 2.73. The van der Waals surface area contributed by atoms with Crippen LogP contribution in [0.1, 0.15) is 0 Å². The van der Waals surface area contributed by atoms with Crippen molar-refractivity contribution in [3.05, 3.63) is 6.20 Å². The highest BCUT2D eigenvalue weighted by Crippen LogP contribution is 2.22. The largest absolute Gasteiger partial charge is 0.394 e. The number of aliphatic hydroxyl groups excluding tert-OH is 3. The predicted octanol–water partition coefficient (Wildman–Crippen LogP) is -1.15. The number of aromatic nitrogens is 1. The molecule has 1 aromatic rings. The SMILES string of the molecule is Nc1cnc(NC(CO)(CO)CO)s1. The van der Waals surface area contributed by atoms with Gasteiger partial charge in [0.2, 0.25) is 0 Å². The Morgan fingerprint density at radius 3 is 2.29 bits per heavy atom. The van der Waals surface area contributed by atoms with Crippen LogP contribution in [-0.4, -0.2) is 45.7 Å². The normalized spacial score (nSPS) is 11.6. The van der Waals surface area contributed by atoms with E-state index < -0.39 is 5.54 Å². The monoisotopic (exact) mass is 219 g/mol. The van der Waals surface area contributed by atoms with Gasteiger partial charge in [0.1, 0.15) is 10.5 Å². The Kier molecular flexibility index (Phi) is 3.64. The molecule has 1 aromatic heterocycles. The fourth-order valence-electron chi connectivity index (χ4n) is 0.840. The predicted molar refractivity (Wildman–Crippen MR) is 54.1 cm³/mol. The van der Waals surface area contributed by atoms with E-state index in [1.54, 1.807) is 0 Å². The third-order valence-corrected chi connectivity index (χ3v) is 2.55. The van der Waals surface area contributed by atoms with Gasteiger partial charge in [0, 0.05) is 0 Å². The van der Waals surface area contributed by atoms with E-state index in [2.05, 4.69) is 10.3 Å². The van der Waals surface area contributed by atoms with Crippen LogP contribution in [0.15, 0.2) is 6.20 Å². The molecule has 7 heteroatoms. The number of anilines is 2. The van der Waals surface area contributed by atoms with E-state index in [1.165, 1.54) is 17.5 Å². The van der Waals surface area contributed by atoms with Gasteiger partial charge in [0.15, 0.2) is 5.13 Å². The number of aliphatic hydroxyl groups is 3. The van der Waals surface area contributed by atoms with E-state index in [-0.39, 0.29) is 19.8 Å². The highest BCUT2D eigenvalue weighted by molar-refractivity contribution is 7.19. The van der Waals surface area contributed by atoms with Gasteiger partial charge in [-0.15, -0.1) is 0 Å². The maximum absolute atomic E-state index is 9.01. The lowest BCUT2D eigenvalue weighted by Crippen LogP contribution is -2.49. The van der Waals surface area contributed by atoms with Crippen molar-refractivity contribution in [3.63, 3.8) is 0 Å². The van der Waals surface area contributed by atoms with Crippen molar-refractivity contribution in [2.24, 2.45) is 0 Å². The zero-order valence-electron chi connectivity index (χ0n) is 7.47. The van der Waals surface area contributed by atoms with Gasteiger partial charge in [-0.25, -0.2) is 4.98 Å².